The number of carbonyl (C=O) groups is 1. The Morgan fingerprint density at radius 2 is 1.72 bits per heavy atom. The normalized spacial score (nSPS) is 27.1. The van der Waals surface area contributed by atoms with Crippen molar-refractivity contribution in [2.24, 2.45) is 5.92 Å². The van der Waals surface area contributed by atoms with Gasteiger partial charge in [-0.25, -0.2) is 0 Å². The predicted molar refractivity (Wildman–Crippen MR) is 104 cm³/mol. The minimum Gasteiger partial charge on any atom is -0.338 e. The van der Waals surface area contributed by atoms with Gasteiger partial charge in [0, 0.05) is 13.6 Å². The third kappa shape index (κ3) is 3.88. The summed E-state index contributed by atoms with van der Waals surface area (Å²) in [7, 11) is 2.00. The fourth-order valence-electron chi connectivity index (χ4n) is 4.90. The molecule has 0 N–H and O–H groups in total. The number of piperidine rings is 1. The van der Waals surface area contributed by atoms with Gasteiger partial charge in [-0.05, 0) is 74.7 Å². The van der Waals surface area contributed by atoms with E-state index in [4.69, 9.17) is 0 Å². The van der Waals surface area contributed by atoms with Gasteiger partial charge in [0.25, 0.3) is 0 Å². The maximum atomic E-state index is 12.8. The molecule has 3 aliphatic rings. The van der Waals surface area contributed by atoms with Crippen LogP contribution >= 0.6 is 12.4 Å². The lowest BCUT2D eigenvalue weighted by Gasteiger charge is -2.28. The molecule has 4 rings (SSSR count). The first-order valence-electron chi connectivity index (χ1n) is 9.83. The summed E-state index contributed by atoms with van der Waals surface area (Å²) in [6.45, 7) is 3.32. The first-order chi connectivity index (χ1) is 11.7. The zero-order valence-corrected chi connectivity index (χ0v) is 16.2. The van der Waals surface area contributed by atoms with Crippen LogP contribution in [-0.2, 0) is 17.6 Å². The van der Waals surface area contributed by atoms with E-state index in [9.17, 15) is 4.79 Å². The van der Waals surface area contributed by atoms with Gasteiger partial charge >= 0.3 is 0 Å². The number of likely N-dealkylation sites (tertiary alicyclic amines) is 2. The number of hydrogen-bond acceptors (Lipinski definition) is 2. The highest BCUT2D eigenvalue weighted by atomic mass is 35.5. The summed E-state index contributed by atoms with van der Waals surface area (Å²) >= 11 is 0. The summed E-state index contributed by atoms with van der Waals surface area (Å²) in [6, 6.07) is 7.27. The molecule has 0 aromatic heterocycles. The summed E-state index contributed by atoms with van der Waals surface area (Å²) in [5.41, 5.74) is 4.41. The standard InChI is InChI=1S/C21H30N2O.ClH/c1-22-20(18-10-9-16-7-3-4-8-17(16)13-18)14-19(21(22)24)15-23-11-5-2-6-12-23;/h9-10,13,19-20H,2-8,11-12,14-15H2,1H3;1H. The van der Waals surface area contributed by atoms with E-state index in [-0.39, 0.29) is 24.4 Å². The van der Waals surface area contributed by atoms with E-state index in [0.29, 0.717) is 5.91 Å². The minimum atomic E-state index is 0. The number of nitrogens with zero attached hydrogens (tertiary/aromatic N) is 2. The van der Waals surface area contributed by atoms with Gasteiger partial charge in [-0.2, -0.15) is 0 Å². The lowest BCUT2D eigenvalue weighted by atomic mass is 9.88. The van der Waals surface area contributed by atoms with Crippen LogP contribution in [0.4, 0.5) is 0 Å². The van der Waals surface area contributed by atoms with Crippen LogP contribution in [0.25, 0.3) is 0 Å². The van der Waals surface area contributed by atoms with E-state index in [1.807, 2.05) is 11.9 Å². The van der Waals surface area contributed by atoms with Gasteiger partial charge in [-0.1, -0.05) is 24.6 Å². The SMILES string of the molecule is CN1C(=O)C(CN2CCCCC2)CC1c1ccc2c(c1)CCCC2.Cl. The van der Waals surface area contributed by atoms with E-state index in [2.05, 4.69) is 23.1 Å². The van der Waals surface area contributed by atoms with Crippen molar-refractivity contribution < 1.29 is 4.79 Å². The molecule has 2 unspecified atom stereocenters. The molecular formula is C21H31ClN2O. The molecule has 1 aliphatic carbocycles. The van der Waals surface area contributed by atoms with Crippen LogP contribution in [0.15, 0.2) is 18.2 Å². The molecule has 2 heterocycles. The topological polar surface area (TPSA) is 23.6 Å². The number of rotatable bonds is 3. The molecule has 2 aliphatic heterocycles. The van der Waals surface area contributed by atoms with Crippen LogP contribution in [0.5, 0.6) is 0 Å². The van der Waals surface area contributed by atoms with Crippen molar-refractivity contribution in [2.45, 2.75) is 57.4 Å². The summed E-state index contributed by atoms with van der Waals surface area (Å²) in [5.74, 6) is 0.539. The van der Waals surface area contributed by atoms with Crippen molar-refractivity contribution in [3.8, 4) is 0 Å². The van der Waals surface area contributed by atoms with Crippen molar-refractivity contribution in [2.75, 3.05) is 26.7 Å². The molecular weight excluding hydrogens is 332 g/mol. The van der Waals surface area contributed by atoms with Crippen LogP contribution in [0, 0.1) is 5.92 Å². The second kappa shape index (κ2) is 8.09. The van der Waals surface area contributed by atoms with Gasteiger partial charge < -0.3 is 9.80 Å². The van der Waals surface area contributed by atoms with Gasteiger partial charge in [-0.3, -0.25) is 4.79 Å². The fourth-order valence-corrected chi connectivity index (χ4v) is 4.90. The predicted octanol–water partition coefficient (Wildman–Crippen LogP) is 3.99. The van der Waals surface area contributed by atoms with Crippen molar-refractivity contribution in [3.63, 3.8) is 0 Å². The summed E-state index contributed by atoms with van der Waals surface area (Å²) in [5, 5.41) is 0. The van der Waals surface area contributed by atoms with E-state index in [1.165, 1.54) is 74.7 Å². The molecule has 0 radical (unpaired) electrons. The number of benzene rings is 1. The second-order valence-electron chi connectivity index (χ2n) is 7.99. The molecule has 4 heteroatoms. The molecule has 2 saturated heterocycles. The molecule has 3 nitrogen and oxygen atoms in total. The molecule has 0 saturated carbocycles. The number of aryl methyl sites for hydroxylation is 2. The molecule has 0 spiro atoms. The van der Waals surface area contributed by atoms with E-state index in [0.717, 1.165) is 13.0 Å². The number of halogens is 1. The fraction of sp³-hybridized carbons (Fsp3) is 0.667. The maximum Gasteiger partial charge on any atom is 0.227 e. The first-order valence-corrected chi connectivity index (χ1v) is 9.83. The van der Waals surface area contributed by atoms with Gasteiger partial charge in [0.05, 0.1) is 12.0 Å². The highest BCUT2D eigenvalue weighted by Crippen LogP contribution is 2.37. The average molecular weight is 363 g/mol. The molecule has 1 aromatic rings. The third-order valence-electron chi connectivity index (χ3n) is 6.36. The molecule has 0 bridgehead atoms. The van der Waals surface area contributed by atoms with Crippen LogP contribution in [0.1, 0.15) is 61.3 Å². The summed E-state index contributed by atoms with van der Waals surface area (Å²) in [6.07, 6.45) is 10.0. The average Bonchev–Trinajstić information content (AvgIpc) is 2.91. The van der Waals surface area contributed by atoms with Crippen LogP contribution < -0.4 is 0 Å². The third-order valence-corrected chi connectivity index (χ3v) is 6.36. The highest BCUT2D eigenvalue weighted by Gasteiger charge is 2.38. The molecule has 25 heavy (non-hydrogen) atoms. The van der Waals surface area contributed by atoms with Crippen molar-refractivity contribution in [1.82, 2.24) is 9.80 Å². The van der Waals surface area contributed by atoms with Gasteiger partial charge in [0.15, 0.2) is 0 Å². The number of amides is 1. The number of carbonyl (C=O) groups excluding carboxylic acids is 1. The zero-order valence-electron chi connectivity index (χ0n) is 15.4. The van der Waals surface area contributed by atoms with Gasteiger partial charge in [0.1, 0.15) is 0 Å². The van der Waals surface area contributed by atoms with Gasteiger partial charge in [-0.15, -0.1) is 12.4 Å². The quantitative estimate of drug-likeness (QED) is 0.811. The second-order valence-corrected chi connectivity index (χ2v) is 7.99. The largest absolute Gasteiger partial charge is 0.338 e. The van der Waals surface area contributed by atoms with Crippen LogP contribution in [0.3, 0.4) is 0 Å². The van der Waals surface area contributed by atoms with E-state index < -0.39 is 0 Å². The number of fused-ring (bicyclic) bond motifs is 1. The Labute approximate surface area is 158 Å². The minimum absolute atomic E-state index is 0. The Morgan fingerprint density at radius 1 is 1.00 bits per heavy atom. The van der Waals surface area contributed by atoms with Crippen molar-refractivity contribution in [1.29, 1.82) is 0 Å². The molecule has 2 fully saturated rings. The Hall–Kier alpha value is -1.06. The Bertz CT molecular complexity index is 612. The van der Waals surface area contributed by atoms with E-state index in [1.54, 1.807) is 0 Å². The first kappa shape index (κ1) is 18.7. The zero-order chi connectivity index (χ0) is 16.5. The smallest absolute Gasteiger partial charge is 0.227 e. The lowest BCUT2D eigenvalue weighted by molar-refractivity contribution is -0.131. The summed E-state index contributed by atoms with van der Waals surface area (Å²) < 4.78 is 0. The highest BCUT2D eigenvalue weighted by molar-refractivity contribution is 5.85. The van der Waals surface area contributed by atoms with Crippen LogP contribution in [0.2, 0.25) is 0 Å². The number of hydrogen-bond donors (Lipinski definition) is 0. The Kier molecular flexibility index (Phi) is 6.06. The Balaban J connectivity index is 0.00000182. The molecule has 1 amide bonds. The van der Waals surface area contributed by atoms with E-state index >= 15 is 0 Å². The van der Waals surface area contributed by atoms with Crippen molar-refractivity contribution in [3.05, 3.63) is 34.9 Å². The molecule has 1 aromatic carbocycles. The molecule has 138 valence electrons. The van der Waals surface area contributed by atoms with Gasteiger partial charge in [0.2, 0.25) is 5.91 Å². The monoisotopic (exact) mass is 362 g/mol. The van der Waals surface area contributed by atoms with Crippen molar-refractivity contribution >= 4 is 18.3 Å². The molecule has 2 atom stereocenters. The van der Waals surface area contributed by atoms with Crippen LogP contribution in [-0.4, -0.2) is 42.4 Å². The maximum absolute atomic E-state index is 12.8. The summed E-state index contributed by atoms with van der Waals surface area (Å²) in [4.78, 5) is 17.3. The lowest BCUT2D eigenvalue weighted by Crippen LogP contribution is -2.36. The Morgan fingerprint density at radius 3 is 2.48 bits per heavy atom.